The molecule has 0 aromatic rings. The SMILES string of the molecule is CC(=O)CC(I)OCC[N+](C)(C)C. The summed E-state index contributed by atoms with van der Waals surface area (Å²) in [5.41, 5.74) is 0. The second kappa shape index (κ2) is 5.93. The molecule has 0 aromatic carbocycles. The number of nitrogens with zero attached hydrogens (tertiary/aromatic N) is 1. The first-order valence-electron chi connectivity index (χ1n) is 4.37. The largest absolute Gasteiger partial charge is 0.362 e. The Morgan fingerprint density at radius 1 is 1.46 bits per heavy atom. The van der Waals surface area contributed by atoms with Crippen LogP contribution in [0.2, 0.25) is 0 Å². The van der Waals surface area contributed by atoms with E-state index in [1.807, 2.05) is 0 Å². The molecule has 0 saturated heterocycles. The lowest BCUT2D eigenvalue weighted by molar-refractivity contribution is -0.870. The fourth-order valence-electron chi connectivity index (χ4n) is 0.739. The third kappa shape index (κ3) is 10.2. The molecule has 0 aromatic heterocycles. The van der Waals surface area contributed by atoms with Crippen molar-refractivity contribution in [2.45, 2.75) is 17.5 Å². The average Bonchev–Trinajstić information content (AvgIpc) is 1.81. The van der Waals surface area contributed by atoms with Crippen LogP contribution in [0, 0.1) is 0 Å². The Kier molecular flexibility index (Phi) is 6.07. The molecule has 0 radical (unpaired) electrons. The minimum atomic E-state index is 0.0293. The van der Waals surface area contributed by atoms with Crippen molar-refractivity contribution >= 4 is 28.4 Å². The number of rotatable bonds is 6. The Hall–Kier alpha value is 0.320. The molecule has 0 spiro atoms. The molecule has 1 unspecified atom stereocenters. The highest BCUT2D eigenvalue weighted by Gasteiger charge is 2.10. The molecular weight excluding hydrogens is 281 g/mol. The predicted octanol–water partition coefficient (Wildman–Crippen LogP) is 1.45. The van der Waals surface area contributed by atoms with E-state index in [4.69, 9.17) is 4.74 Å². The van der Waals surface area contributed by atoms with Crippen LogP contribution in [0.3, 0.4) is 0 Å². The zero-order valence-corrected chi connectivity index (χ0v) is 11.0. The Morgan fingerprint density at radius 3 is 2.38 bits per heavy atom. The van der Waals surface area contributed by atoms with Gasteiger partial charge < -0.3 is 9.22 Å². The van der Waals surface area contributed by atoms with E-state index in [1.165, 1.54) is 0 Å². The molecule has 78 valence electrons. The summed E-state index contributed by atoms with van der Waals surface area (Å²) in [6, 6.07) is 0. The van der Waals surface area contributed by atoms with Crippen molar-refractivity contribution in [2.75, 3.05) is 34.3 Å². The molecule has 0 aliphatic rings. The molecule has 0 bridgehead atoms. The number of carbonyl (C=O) groups excluding carboxylic acids is 1. The molecule has 0 amide bonds. The van der Waals surface area contributed by atoms with Crippen molar-refractivity contribution in [3.8, 4) is 0 Å². The Labute approximate surface area is 94.2 Å². The first kappa shape index (κ1) is 13.3. The molecule has 13 heavy (non-hydrogen) atoms. The molecule has 1 atom stereocenters. The monoisotopic (exact) mass is 300 g/mol. The first-order valence-corrected chi connectivity index (χ1v) is 5.61. The predicted molar refractivity (Wildman–Crippen MR) is 62.0 cm³/mol. The van der Waals surface area contributed by atoms with Crippen LogP contribution in [-0.4, -0.2) is 48.7 Å². The van der Waals surface area contributed by atoms with Crippen LogP contribution in [-0.2, 0) is 9.53 Å². The second-order valence-corrected chi connectivity index (χ2v) is 5.59. The van der Waals surface area contributed by atoms with Gasteiger partial charge in [-0.2, -0.15) is 0 Å². The number of alkyl halides is 1. The number of hydrogen-bond donors (Lipinski definition) is 0. The number of Topliss-reactive ketones (excluding diaryl/α,β-unsaturated/α-hetero) is 1. The van der Waals surface area contributed by atoms with E-state index in [2.05, 4.69) is 43.7 Å². The highest BCUT2D eigenvalue weighted by atomic mass is 127. The summed E-state index contributed by atoms with van der Waals surface area (Å²) in [4.78, 5) is 10.7. The van der Waals surface area contributed by atoms with Crippen LogP contribution in [0.4, 0.5) is 0 Å². The molecule has 0 heterocycles. The van der Waals surface area contributed by atoms with E-state index in [0.29, 0.717) is 13.0 Å². The van der Waals surface area contributed by atoms with Crippen LogP contribution < -0.4 is 0 Å². The Balaban J connectivity index is 3.48. The number of hydrogen-bond acceptors (Lipinski definition) is 2. The van der Waals surface area contributed by atoms with Gasteiger partial charge in [0.15, 0.2) is 0 Å². The maximum Gasteiger partial charge on any atom is 0.133 e. The van der Waals surface area contributed by atoms with Crippen molar-refractivity contribution in [2.24, 2.45) is 0 Å². The molecule has 0 N–H and O–H groups in total. The summed E-state index contributed by atoms with van der Waals surface area (Å²) in [6.45, 7) is 3.27. The lowest BCUT2D eigenvalue weighted by atomic mass is 10.3. The van der Waals surface area contributed by atoms with Gasteiger partial charge in [0, 0.05) is 6.42 Å². The van der Waals surface area contributed by atoms with Crippen molar-refractivity contribution in [1.82, 2.24) is 0 Å². The molecule has 3 nitrogen and oxygen atoms in total. The van der Waals surface area contributed by atoms with Crippen LogP contribution >= 0.6 is 22.6 Å². The molecule has 0 aliphatic heterocycles. The summed E-state index contributed by atoms with van der Waals surface area (Å²) in [5, 5.41) is 0. The summed E-state index contributed by atoms with van der Waals surface area (Å²) in [6.07, 6.45) is 0.512. The average molecular weight is 300 g/mol. The maximum absolute atomic E-state index is 10.7. The van der Waals surface area contributed by atoms with Crippen molar-refractivity contribution < 1.29 is 14.0 Å². The number of carbonyl (C=O) groups is 1. The van der Waals surface area contributed by atoms with E-state index < -0.39 is 0 Å². The van der Waals surface area contributed by atoms with Gasteiger partial charge in [0.25, 0.3) is 0 Å². The van der Waals surface area contributed by atoms with Crippen molar-refractivity contribution in [1.29, 1.82) is 0 Å². The van der Waals surface area contributed by atoms with E-state index in [-0.39, 0.29) is 9.89 Å². The number of ether oxygens (including phenoxy) is 1. The van der Waals surface area contributed by atoms with Crippen LogP contribution in [0.25, 0.3) is 0 Å². The van der Waals surface area contributed by atoms with Gasteiger partial charge in [0.2, 0.25) is 0 Å². The lowest BCUT2D eigenvalue weighted by Crippen LogP contribution is -2.38. The summed E-state index contributed by atoms with van der Waals surface area (Å²) in [7, 11) is 6.36. The topological polar surface area (TPSA) is 26.3 Å². The number of likely N-dealkylation sites (N-methyl/N-ethyl adjacent to an activating group) is 1. The number of halogens is 1. The van der Waals surface area contributed by atoms with E-state index in [9.17, 15) is 4.79 Å². The van der Waals surface area contributed by atoms with Gasteiger partial charge in [-0.25, -0.2) is 0 Å². The quantitative estimate of drug-likeness (QED) is 0.422. The zero-order chi connectivity index (χ0) is 10.5. The summed E-state index contributed by atoms with van der Waals surface area (Å²) < 4.78 is 6.40. The fraction of sp³-hybridized carbons (Fsp3) is 0.889. The standard InChI is InChI=1S/C9H19INO2/c1-8(12)7-9(10)13-6-5-11(2,3)4/h9H,5-7H2,1-4H3/q+1. The first-order chi connectivity index (χ1) is 5.81. The smallest absolute Gasteiger partial charge is 0.133 e. The zero-order valence-electron chi connectivity index (χ0n) is 8.84. The van der Waals surface area contributed by atoms with Gasteiger partial charge >= 0.3 is 0 Å². The highest BCUT2D eigenvalue weighted by molar-refractivity contribution is 14.1. The van der Waals surface area contributed by atoms with Gasteiger partial charge in [0.1, 0.15) is 16.4 Å². The Bertz CT molecular complexity index is 165. The molecule has 0 fully saturated rings. The number of quaternary nitrogens is 1. The van der Waals surface area contributed by atoms with E-state index in [1.54, 1.807) is 6.92 Å². The summed E-state index contributed by atoms with van der Waals surface area (Å²) in [5.74, 6) is 0.185. The molecule has 0 rings (SSSR count). The lowest BCUT2D eigenvalue weighted by Gasteiger charge is -2.24. The third-order valence-corrected chi connectivity index (χ3v) is 2.31. The van der Waals surface area contributed by atoms with Crippen LogP contribution in [0.15, 0.2) is 0 Å². The number of ketones is 1. The normalized spacial score (nSPS) is 14.2. The molecule has 0 aliphatic carbocycles. The second-order valence-electron chi connectivity index (χ2n) is 4.20. The Morgan fingerprint density at radius 2 is 2.00 bits per heavy atom. The van der Waals surface area contributed by atoms with Gasteiger partial charge in [0.05, 0.1) is 27.7 Å². The van der Waals surface area contributed by atoms with Crippen LogP contribution in [0.1, 0.15) is 13.3 Å². The fourth-order valence-corrected chi connectivity index (χ4v) is 1.61. The van der Waals surface area contributed by atoms with E-state index in [0.717, 1.165) is 11.0 Å². The minimum absolute atomic E-state index is 0.0293. The van der Waals surface area contributed by atoms with E-state index >= 15 is 0 Å². The van der Waals surface area contributed by atoms with Crippen molar-refractivity contribution in [3.05, 3.63) is 0 Å². The van der Waals surface area contributed by atoms with Gasteiger partial charge in [-0.3, -0.25) is 4.79 Å². The van der Waals surface area contributed by atoms with Crippen molar-refractivity contribution in [3.63, 3.8) is 0 Å². The molecule has 4 heteroatoms. The van der Waals surface area contributed by atoms with Gasteiger partial charge in [-0.15, -0.1) is 0 Å². The molecule has 0 saturated carbocycles. The third-order valence-electron chi connectivity index (χ3n) is 1.51. The minimum Gasteiger partial charge on any atom is -0.362 e. The van der Waals surface area contributed by atoms with Crippen LogP contribution in [0.5, 0.6) is 0 Å². The summed E-state index contributed by atoms with van der Waals surface area (Å²) >= 11 is 2.16. The maximum atomic E-state index is 10.7. The van der Waals surface area contributed by atoms with Gasteiger partial charge in [-0.1, -0.05) is 22.6 Å². The van der Waals surface area contributed by atoms with Gasteiger partial charge in [-0.05, 0) is 6.92 Å². The molecular formula is C9H19INO2+. The highest BCUT2D eigenvalue weighted by Crippen LogP contribution is 2.08.